The number of nitrogens with one attached hydrogen (secondary N) is 1. The van der Waals surface area contributed by atoms with E-state index in [1.807, 2.05) is 42.3 Å². The number of hydrogen-bond acceptors (Lipinski definition) is 6. The molecule has 1 fully saturated rings. The standard InChI is InChI=1S/C38H47N3O4/c1-4-34(40(2)26-24-28-14-8-5-9-15-28)38(44,41(3)27-25-29-16-10-6-11-17-29)32-21-22-33(36-31(32)20-23-35(42)39-36)45-37(43)30-18-12-7-13-19-30/h5-6,8-11,14-17,20-23,30,34,44H,4,7,12-13,18-19,24-27H2,1-3H3,(H,39,42). The minimum Gasteiger partial charge on any atom is -0.424 e. The number of rotatable bonds is 13. The van der Waals surface area contributed by atoms with Crippen LogP contribution in [0.15, 0.2) is 89.7 Å². The van der Waals surface area contributed by atoms with Gasteiger partial charge in [-0.1, -0.05) is 92.9 Å². The van der Waals surface area contributed by atoms with Crippen LogP contribution in [0.25, 0.3) is 10.9 Å². The molecule has 1 aliphatic carbocycles. The molecule has 2 unspecified atom stereocenters. The zero-order valence-electron chi connectivity index (χ0n) is 26.9. The lowest BCUT2D eigenvalue weighted by atomic mass is 9.87. The molecular formula is C38H47N3O4. The molecule has 7 nitrogen and oxygen atoms in total. The van der Waals surface area contributed by atoms with Crippen molar-refractivity contribution in [2.45, 2.75) is 70.1 Å². The van der Waals surface area contributed by atoms with Gasteiger partial charge in [-0.05, 0) is 69.5 Å². The Kier molecular flexibility index (Phi) is 10.9. The molecule has 1 heterocycles. The van der Waals surface area contributed by atoms with E-state index >= 15 is 0 Å². The average molecular weight is 610 g/mol. The van der Waals surface area contributed by atoms with Gasteiger partial charge in [0, 0.05) is 30.1 Å². The number of ether oxygens (including phenoxy) is 1. The lowest BCUT2D eigenvalue weighted by Gasteiger charge is -2.47. The van der Waals surface area contributed by atoms with Gasteiger partial charge in [-0.2, -0.15) is 0 Å². The predicted octanol–water partition coefficient (Wildman–Crippen LogP) is 6.29. The molecule has 5 rings (SSSR count). The lowest BCUT2D eigenvalue weighted by Crippen LogP contribution is -2.58. The molecule has 4 aromatic rings. The number of fused-ring (bicyclic) bond motifs is 1. The third kappa shape index (κ3) is 7.55. The van der Waals surface area contributed by atoms with Gasteiger partial charge in [0.15, 0.2) is 11.5 Å². The number of benzene rings is 3. The van der Waals surface area contributed by atoms with Crippen LogP contribution in [0.2, 0.25) is 0 Å². The van der Waals surface area contributed by atoms with Gasteiger partial charge in [-0.25, -0.2) is 0 Å². The van der Waals surface area contributed by atoms with Gasteiger partial charge >= 0.3 is 5.97 Å². The quantitative estimate of drug-likeness (QED) is 0.105. The van der Waals surface area contributed by atoms with Crippen molar-refractivity contribution in [3.8, 4) is 5.75 Å². The number of aromatic nitrogens is 1. The summed E-state index contributed by atoms with van der Waals surface area (Å²) in [5.74, 6) is -0.0646. The van der Waals surface area contributed by atoms with Gasteiger partial charge in [0.05, 0.1) is 17.5 Å². The minimum absolute atomic E-state index is 0.132. The number of carbonyl (C=O) groups is 1. The minimum atomic E-state index is -1.43. The summed E-state index contributed by atoms with van der Waals surface area (Å²) in [5, 5.41) is 13.7. The number of carbonyl (C=O) groups excluding carboxylic acids is 1. The second kappa shape index (κ2) is 15.0. The van der Waals surface area contributed by atoms with Crippen molar-refractivity contribution in [3.63, 3.8) is 0 Å². The van der Waals surface area contributed by atoms with Gasteiger partial charge in [-0.15, -0.1) is 0 Å². The third-order valence-corrected chi connectivity index (χ3v) is 9.54. The summed E-state index contributed by atoms with van der Waals surface area (Å²) in [6, 6.07) is 27.2. The van der Waals surface area contributed by atoms with Crippen molar-refractivity contribution < 1.29 is 14.6 Å². The number of likely N-dealkylation sites (N-methyl/N-ethyl adjacent to an activating group) is 2. The summed E-state index contributed by atoms with van der Waals surface area (Å²) in [6.07, 6.45) is 7.13. The lowest BCUT2D eigenvalue weighted by molar-refractivity contribution is -0.155. The molecule has 0 aliphatic heterocycles. The average Bonchev–Trinajstić information content (AvgIpc) is 3.07. The zero-order chi connectivity index (χ0) is 31.8. The number of pyridine rings is 1. The first-order valence-corrected chi connectivity index (χ1v) is 16.4. The number of H-pyrrole nitrogens is 1. The van der Waals surface area contributed by atoms with Crippen LogP contribution < -0.4 is 10.3 Å². The van der Waals surface area contributed by atoms with E-state index in [2.05, 4.69) is 60.3 Å². The Morgan fingerprint density at radius 3 is 2.13 bits per heavy atom. The highest BCUT2D eigenvalue weighted by atomic mass is 16.5. The third-order valence-electron chi connectivity index (χ3n) is 9.54. The molecule has 3 aromatic carbocycles. The van der Waals surface area contributed by atoms with Gasteiger partial charge in [0.1, 0.15) is 0 Å². The topological polar surface area (TPSA) is 85.9 Å². The number of aliphatic hydroxyl groups is 1. The van der Waals surface area contributed by atoms with Crippen LogP contribution in [-0.4, -0.2) is 59.1 Å². The molecular weight excluding hydrogens is 562 g/mol. The fraction of sp³-hybridized carbons (Fsp3) is 0.421. The van der Waals surface area contributed by atoms with E-state index in [1.165, 1.54) is 17.2 Å². The summed E-state index contributed by atoms with van der Waals surface area (Å²) < 4.78 is 5.96. The smallest absolute Gasteiger partial charge is 0.314 e. The molecule has 0 bridgehead atoms. The normalized spacial score (nSPS) is 16.1. The van der Waals surface area contributed by atoms with Crippen LogP contribution in [0.4, 0.5) is 0 Å². The number of aromatic amines is 1. The molecule has 238 valence electrons. The molecule has 0 radical (unpaired) electrons. The summed E-state index contributed by atoms with van der Waals surface area (Å²) in [6.45, 7) is 3.46. The van der Waals surface area contributed by atoms with E-state index in [0.717, 1.165) is 51.5 Å². The van der Waals surface area contributed by atoms with Crippen LogP contribution in [0.3, 0.4) is 0 Å². The maximum Gasteiger partial charge on any atom is 0.314 e. The van der Waals surface area contributed by atoms with E-state index in [-0.39, 0.29) is 23.5 Å². The Morgan fingerprint density at radius 2 is 1.51 bits per heavy atom. The van der Waals surface area contributed by atoms with Crippen LogP contribution >= 0.6 is 0 Å². The number of nitrogens with zero attached hydrogens (tertiary/aromatic N) is 2. The second-order valence-corrected chi connectivity index (χ2v) is 12.5. The molecule has 1 saturated carbocycles. The molecule has 7 heteroatoms. The molecule has 0 amide bonds. The molecule has 0 saturated heterocycles. The Hall–Kier alpha value is -3.78. The van der Waals surface area contributed by atoms with Crippen molar-refractivity contribution in [1.82, 2.24) is 14.8 Å². The van der Waals surface area contributed by atoms with E-state index in [1.54, 1.807) is 12.1 Å². The van der Waals surface area contributed by atoms with Crippen molar-refractivity contribution in [2.24, 2.45) is 5.92 Å². The van der Waals surface area contributed by atoms with Crippen molar-refractivity contribution in [1.29, 1.82) is 0 Å². The molecule has 1 aromatic heterocycles. The maximum absolute atomic E-state index is 13.2. The first kappa shape index (κ1) is 32.6. The number of esters is 1. The highest BCUT2D eigenvalue weighted by Gasteiger charge is 2.44. The summed E-state index contributed by atoms with van der Waals surface area (Å²) in [5.41, 5.74) is 1.81. The van der Waals surface area contributed by atoms with E-state index < -0.39 is 5.72 Å². The number of hydrogen-bond donors (Lipinski definition) is 2. The van der Waals surface area contributed by atoms with Crippen LogP contribution in [-0.2, 0) is 23.4 Å². The van der Waals surface area contributed by atoms with Crippen molar-refractivity contribution in [2.75, 3.05) is 27.2 Å². The molecule has 0 spiro atoms. The first-order chi connectivity index (χ1) is 21.8. The Morgan fingerprint density at radius 1 is 0.889 bits per heavy atom. The van der Waals surface area contributed by atoms with Crippen molar-refractivity contribution in [3.05, 3.63) is 112 Å². The summed E-state index contributed by atoms with van der Waals surface area (Å²) in [7, 11) is 4.03. The SMILES string of the molecule is CCC(N(C)CCc1ccccc1)C(O)(c1ccc(OC(=O)C2CCCCC2)c2[nH]c(=O)ccc12)N(C)CCc1ccccc1. The molecule has 2 N–H and O–H groups in total. The fourth-order valence-corrected chi connectivity index (χ4v) is 6.92. The first-order valence-electron chi connectivity index (χ1n) is 16.4. The van der Waals surface area contributed by atoms with Crippen LogP contribution in [0.5, 0.6) is 5.75 Å². The summed E-state index contributed by atoms with van der Waals surface area (Å²) >= 11 is 0. The van der Waals surface area contributed by atoms with Gasteiger partial charge in [0.2, 0.25) is 5.56 Å². The fourth-order valence-electron chi connectivity index (χ4n) is 6.92. The monoisotopic (exact) mass is 609 g/mol. The van der Waals surface area contributed by atoms with Crippen LogP contribution in [0, 0.1) is 5.92 Å². The molecule has 2 atom stereocenters. The maximum atomic E-state index is 13.2. The molecule has 1 aliphatic rings. The van der Waals surface area contributed by atoms with Gasteiger partial charge in [0.25, 0.3) is 0 Å². The second-order valence-electron chi connectivity index (χ2n) is 12.5. The highest BCUT2D eigenvalue weighted by molar-refractivity contribution is 5.90. The molecule has 45 heavy (non-hydrogen) atoms. The Bertz CT molecular complexity index is 1600. The van der Waals surface area contributed by atoms with Crippen molar-refractivity contribution >= 4 is 16.9 Å². The van der Waals surface area contributed by atoms with E-state index in [9.17, 15) is 14.7 Å². The van der Waals surface area contributed by atoms with E-state index in [0.29, 0.717) is 35.2 Å². The van der Waals surface area contributed by atoms with E-state index in [4.69, 9.17) is 4.74 Å². The highest BCUT2D eigenvalue weighted by Crippen LogP contribution is 2.40. The van der Waals surface area contributed by atoms with Gasteiger partial charge < -0.3 is 14.8 Å². The van der Waals surface area contributed by atoms with Crippen LogP contribution in [0.1, 0.15) is 62.1 Å². The Labute approximate surface area is 266 Å². The predicted molar refractivity (Wildman–Crippen MR) is 180 cm³/mol. The Balaban J connectivity index is 1.54. The summed E-state index contributed by atoms with van der Waals surface area (Å²) in [4.78, 5) is 33.0. The zero-order valence-corrected chi connectivity index (χ0v) is 26.9. The van der Waals surface area contributed by atoms with Gasteiger partial charge in [-0.3, -0.25) is 19.4 Å². The largest absolute Gasteiger partial charge is 0.424 e.